The van der Waals surface area contributed by atoms with Gasteiger partial charge in [0.1, 0.15) is 6.54 Å². The van der Waals surface area contributed by atoms with E-state index in [9.17, 15) is 26.3 Å². The molecule has 1 aromatic heterocycles. The normalized spacial score (nSPS) is 15.8. The van der Waals surface area contributed by atoms with Gasteiger partial charge in [0.05, 0.1) is 19.2 Å². The summed E-state index contributed by atoms with van der Waals surface area (Å²) in [6.07, 6.45) is -3.52. The van der Waals surface area contributed by atoms with E-state index < -0.39 is 24.9 Å². The number of anilines is 1. The minimum absolute atomic E-state index is 0.512. The molecule has 2 heterocycles. The van der Waals surface area contributed by atoms with Crippen LogP contribution < -0.4 is 14.8 Å². The van der Waals surface area contributed by atoms with Crippen molar-refractivity contribution in [2.24, 2.45) is 0 Å². The molecule has 0 bridgehead atoms. The first-order valence-corrected chi connectivity index (χ1v) is 11.9. The van der Waals surface area contributed by atoms with Gasteiger partial charge in [0, 0.05) is 29.4 Å². The molecule has 1 aromatic carbocycles. The molecule has 0 radical (unpaired) electrons. The van der Waals surface area contributed by atoms with Crippen molar-refractivity contribution in [2.75, 3.05) is 45.2 Å². The number of hydrogen-bond donors (Lipinski definition) is 2. The minimum Gasteiger partial charge on any atom is -0.493 e. The van der Waals surface area contributed by atoms with Crippen molar-refractivity contribution in [1.29, 1.82) is 0 Å². The van der Waals surface area contributed by atoms with Crippen molar-refractivity contribution in [1.82, 2.24) is 9.88 Å². The molecular weight excluding hydrogens is 508 g/mol. The summed E-state index contributed by atoms with van der Waals surface area (Å²) in [4.78, 5) is 16.1. The Bertz CT molecular complexity index is 1090. The second kappa shape index (κ2) is 12.1. The van der Waals surface area contributed by atoms with Crippen LogP contribution >= 0.6 is 0 Å². The quantitative estimate of drug-likeness (QED) is 0.354. The number of alkyl halides is 6. The van der Waals surface area contributed by atoms with Gasteiger partial charge in [-0.2, -0.15) is 26.3 Å². The number of halogens is 6. The molecule has 0 spiro atoms. The molecule has 13 heteroatoms. The number of carboxylic acid groups (broad SMARTS) is 1. The first-order valence-electron chi connectivity index (χ1n) is 11.9. The summed E-state index contributed by atoms with van der Waals surface area (Å²) in [5, 5.41) is 10.4. The zero-order valence-corrected chi connectivity index (χ0v) is 20.3. The maximum Gasteiger partial charge on any atom is 0.490 e. The molecule has 4 rings (SSSR count). The zero-order valence-electron chi connectivity index (χ0n) is 20.3. The van der Waals surface area contributed by atoms with E-state index in [4.69, 9.17) is 24.4 Å². The van der Waals surface area contributed by atoms with Crippen LogP contribution in [-0.4, -0.2) is 73.2 Å². The van der Waals surface area contributed by atoms with Gasteiger partial charge in [-0.15, -0.1) is 0 Å². The van der Waals surface area contributed by atoms with Crippen LogP contribution in [0.25, 0.3) is 10.9 Å². The van der Waals surface area contributed by atoms with Gasteiger partial charge < -0.3 is 24.8 Å². The molecule has 1 aliphatic carbocycles. The van der Waals surface area contributed by atoms with E-state index in [0.717, 1.165) is 56.6 Å². The Balaban J connectivity index is 0.000000479. The topological polar surface area (TPSA) is 83.9 Å². The third kappa shape index (κ3) is 8.01. The van der Waals surface area contributed by atoms with Crippen LogP contribution in [0.2, 0.25) is 0 Å². The average molecular weight is 538 g/mol. The number of fused-ring (bicyclic) bond motifs is 2. The third-order valence-electron chi connectivity index (χ3n) is 6.08. The van der Waals surface area contributed by atoms with Crippen molar-refractivity contribution < 1.29 is 45.7 Å². The summed E-state index contributed by atoms with van der Waals surface area (Å²) >= 11 is 0. The molecule has 1 aliphatic heterocycles. The molecule has 0 atom stereocenters. The highest BCUT2D eigenvalue weighted by atomic mass is 19.4. The zero-order chi connectivity index (χ0) is 27.2. The summed E-state index contributed by atoms with van der Waals surface area (Å²) in [7, 11) is 1.54. The van der Waals surface area contributed by atoms with Crippen LogP contribution in [-0.2, 0) is 17.6 Å². The molecule has 7 nitrogen and oxygen atoms in total. The minimum atomic E-state index is -5.08. The number of rotatable bonds is 8. The predicted octanol–water partition coefficient (Wildman–Crippen LogP) is 5.20. The number of ether oxygens (including phenoxy) is 2. The number of likely N-dealkylation sites (tertiary alicyclic amines) is 1. The fourth-order valence-electron chi connectivity index (χ4n) is 4.41. The first kappa shape index (κ1) is 28.6. The van der Waals surface area contributed by atoms with E-state index in [-0.39, 0.29) is 0 Å². The van der Waals surface area contributed by atoms with Gasteiger partial charge in [0.15, 0.2) is 11.5 Å². The number of benzene rings is 1. The monoisotopic (exact) mass is 537 g/mol. The van der Waals surface area contributed by atoms with E-state index in [2.05, 4.69) is 10.2 Å². The number of methoxy groups -OCH3 is 1. The Morgan fingerprint density at radius 1 is 1.08 bits per heavy atom. The lowest BCUT2D eigenvalue weighted by Crippen LogP contribution is -2.22. The van der Waals surface area contributed by atoms with Gasteiger partial charge in [0.2, 0.25) is 0 Å². The molecule has 1 saturated heterocycles. The third-order valence-corrected chi connectivity index (χ3v) is 6.08. The number of pyridine rings is 1. The number of carbonyl (C=O) groups is 1. The van der Waals surface area contributed by atoms with E-state index in [1.165, 1.54) is 12.8 Å². The Hall–Kier alpha value is -2.96. The summed E-state index contributed by atoms with van der Waals surface area (Å²) in [5.74, 6) is -1.66. The van der Waals surface area contributed by atoms with Gasteiger partial charge in [0.25, 0.3) is 0 Å². The Morgan fingerprint density at radius 3 is 2.35 bits per heavy atom. The Labute approximate surface area is 209 Å². The van der Waals surface area contributed by atoms with Crippen molar-refractivity contribution in [3.05, 3.63) is 23.4 Å². The first-order chi connectivity index (χ1) is 17.4. The molecule has 0 amide bonds. The van der Waals surface area contributed by atoms with E-state index in [0.29, 0.717) is 34.7 Å². The Morgan fingerprint density at radius 2 is 1.76 bits per heavy atom. The lowest BCUT2D eigenvalue weighted by molar-refractivity contribution is -0.192. The van der Waals surface area contributed by atoms with Gasteiger partial charge in [-0.3, -0.25) is 4.98 Å². The van der Waals surface area contributed by atoms with Gasteiger partial charge >= 0.3 is 18.3 Å². The van der Waals surface area contributed by atoms with Crippen LogP contribution in [0.3, 0.4) is 0 Å². The number of aryl methyl sites for hydroxylation is 1. The van der Waals surface area contributed by atoms with Gasteiger partial charge in [-0.25, -0.2) is 4.79 Å². The maximum atomic E-state index is 12.9. The fraction of sp³-hybridized carbons (Fsp3) is 0.583. The SMILES string of the molecule is COc1cc2c(NCC(F)(F)F)c3c(nc2cc1OCCCN1CCCC1)CCC3.O=C(O)C(F)(F)F. The number of nitrogens with zero attached hydrogens (tertiary/aromatic N) is 2. The van der Waals surface area contributed by atoms with Crippen molar-refractivity contribution >= 4 is 22.6 Å². The van der Waals surface area contributed by atoms with Gasteiger partial charge in [-0.05, 0) is 63.2 Å². The molecule has 2 aliphatic rings. The predicted molar refractivity (Wildman–Crippen MR) is 124 cm³/mol. The van der Waals surface area contributed by atoms with Crippen molar-refractivity contribution in [2.45, 2.75) is 50.9 Å². The average Bonchev–Trinajstić information content (AvgIpc) is 3.50. The van der Waals surface area contributed by atoms with Crippen LogP contribution in [0, 0.1) is 0 Å². The summed E-state index contributed by atoms with van der Waals surface area (Å²) < 4.78 is 81.8. The smallest absolute Gasteiger partial charge is 0.490 e. The standard InChI is InChI=1S/C22H28F3N3O2.C2HF3O2/c1-29-19-12-16-18(13-20(19)30-11-5-10-28-8-2-3-9-28)27-17-7-4-6-15(17)21(16)26-14-22(23,24)25;3-2(4,5)1(6)7/h12-13H,2-11,14H2,1H3,(H,26,27);(H,6,7). The van der Waals surface area contributed by atoms with Crippen LogP contribution in [0.1, 0.15) is 36.9 Å². The lowest BCUT2D eigenvalue weighted by Gasteiger charge is -2.18. The van der Waals surface area contributed by atoms with Crippen LogP contribution in [0.5, 0.6) is 11.5 Å². The van der Waals surface area contributed by atoms with E-state index >= 15 is 0 Å². The Kier molecular flexibility index (Phi) is 9.32. The number of aliphatic carboxylic acids is 1. The molecular formula is C24H29F6N3O4. The highest BCUT2D eigenvalue weighted by Crippen LogP contribution is 2.40. The summed E-state index contributed by atoms with van der Waals surface area (Å²) in [6.45, 7) is 2.80. The van der Waals surface area contributed by atoms with E-state index in [1.54, 1.807) is 19.2 Å². The largest absolute Gasteiger partial charge is 0.493 e. The van der Waals surface area contributed by atoms with Crippen LogP contribution in [0.4, 0.5) is 32.0 Å². The molecule has 2 aromatic rings. The summed E-state index contributed by atoms with van der Waals surface area (Å²) in [5.41, 5.74) is 2.91. The fourth-order valence-corrected chi connectivity index (χ4v) is 4.41. The maximum absolute atomic E-state index is 12.9. The number of hydrogen-bond acceptors (Lipinski definition) is 6. The van der Waals surface area contributed by atoms with E-state index in [1.807, 2.05) is 0 Å². The molecule has 2 N–H and O–H groups in total. The molecule has 1 fully saturated rings. The van der Waals surface area contributed by atoms with Crippen molar-refractivity contribution in [3.8, 4) is 11.5 Å². The number of carboxylic acids is 1. The molecule has 37 heavy (non-hydrogen) atoms. The molecule has 0 unspecified atom stereocenters. The summed E-state index contributed by atoms with van der Waals surface area (Å²) in [6, 6.07) is 3.54. The number of nitrogens with one attached hydrogen (secondary N) is 1. The highest BCUT2D eigenvalue weighted by Gasteiger charge is 2.38. The van der Waals surface area contributed by atoms with Gasteiger partial charge in [-0.1, -0.05) is 0 Å². The second-order valence-electron chi connectivity index (χ2n) is 8.81. The molecule has 0 saturated carbocycles. The number of aromatic nitrogens is 1. The highest BCUT2D eigenvalue weighted by molar-refractivity contribution is 5.96. The lowest BCUT2D eigenvalue weighted by atomic mass is 10.1. The van der Waals surface area contributed by atoms with Crippen molar-refractivity contribution in [3.63, 3.8) is 0 Å². The molecule has 206 valence electrons. The van der Waals surface area contributed by atoms with Crippen LogP contribution in [0.15, 0.2) is 12.1 Å². The second-order valence-corrected chi connectivity index (χ2v) is 8.81.